The fraction of sp³-hybridized carbons (Fsp3) is 0.133. The summed E-state index contributed by atoms with van der Waals surface area (Å²) in [6.07, 6.45) is 0. The fourth-order valence-corrected chi connectivity index (χ4v) is 1.99. The second-order valence-corrected chi connectivity index (χ2v) is 4.32. The third kappa shape index (κ3) is 2.25. The van der Waals surface area contributed by atoms with Gasteiger partial charge in [-0.2, -0.15) is 0 Å². The van der Waals surface area contributed by atoms with Crippen LogP contribution in [0.1, 0.15) is 21.5 Å². The van der Waals surface area contributed by atoms with Crippen molar-refractivity contribution in [1.29, 1.82) is 0 Å². The van der Waals surface area contributed by atoms with Crippen molar-refractivity contribution in [2.75, 3.05) is 0 Å². The van der Waals surface area contributed by atoms with Gasteiger partial charge >= 0.3 is 5.97 Å². The van der Waals surface area contributed by atoms with Gasteiger partial charge in [-0.25, -0.2) is 9.18 Å². The van der Waals surface area contributed by atoms with E-state index in [-0.39, 0.29) is 5.56 Å². The van der Waals surface area contributed by atoms with E-state index in [1.54, 1.807) is 6.07 Å². The molecule has 0 fully saturated rings. The SMILES string of the molecule is Cc1ccc(-c2ccc(F)c(C(=O)O)c2)c(C)c1. The molecule has 3 heteroatoms. The number of benzene rings is 2. The lowest BCUT2D eigenvalue weighted by Gasteiger charge is -2.08. The van der Waals surface area contributed by atoms with Gasteiger partial charge in [0.2, 0.25) is 0 Å². The van der Waals surface area contributed by atoms with Gasteiger partial charge in [-0.05, 0) is 42.7 Å². The van der Waals surface area contributed by atoms with Crippen molar-refractivity contribution in [2.45, 2.75) is 13.8 Å². The molecule has 0 aliphatic rings. The van der Waals surface area contributed by atoms with E-state index in [1.807, 2.05) is 32.0 Å². The number of aromatic carboxylic acids is 1. The van der Waals surface area contributed by atoms with E-state index in [4.69, 9.17) is 5.11 Å². The largest absolute Gasteiger partial charge is 0.478 e. The van der Waals surface area contributed by atoms with Crippen LogP contribution < -0.4 is 0 Å². The minimum atomic E-state index is -1.25. The summed E-state index contributed by atoms with van der Waals surface area (Å²) in [5.41, 5.74) is 3.51. The van der Waals surface area contributed by atoms with E-state index >= 15 is 0 Å². The summed E-state index contributed by atoms with van der Waals surface area (Å²) in [5, 5.41) is 8.91. The van der Waals surface area contributed by atoms with E-state index in [9.17, 15) is 9.18 Å². The average Bonchev–Trinajstić information content (AvgIpc) is 2.30. The second-order valence-electron chi connectivity index (χ2n) is 4.32. The maximum atomic E-state index is 13.3. The van der Waals surface area contributed by atoms with Crippen LogP contribution in [0.5, 0.6) is 0 Å². The van der Waals surface area contributed by atoms with Crippen LogP contribution in [0.15, 0.2) is 36.4 Å². The van der Waals surface area contributed by atoms with Crippen LogP contribution in [-0.4, -0.2) is 11.1 Å². The first kappa shape index (κ1) is 12.3. The summed E-state index contributed by atoms with van der Waals surface area (Å²) in [6, 6.07) is 10.0. The van der Waals surface area contributed by atoms with E-state index in [1.165, 1.54) is 12.1 Å². The summed E-state index contributed by atoms with van der Waals surface area (Å²) in [7, 11) is 0. The Morgan fingerprint density at radius 3 is 2.44 bits per heavy atom. The van der Waals surface area contributed by atoms with Crippen LogP contribution in [-0.2, 0) is 0 Å². The molecule has 18 heavy (non-hydrogen) atoms. The van der Waals surface area contributed by atoms with E-state index < -0.39 is 11.8 Å². The zero-order valence-corrected chi connectivity index (χ0v) is 10.2. The third-order valence-corrected chi connectivity index (χ3v) is 2.89. The number of hydrogen-bond acceptors (Lipinski definition) is 1. The summed E-state index contributed by atoms with van der Waals surface area (Å²) in [5.74, 6) is -1.96. The Kier molecular flexibility index (Phi) is 3.15. The van der Waals surface area contributed by atoms with Crippen LogP contribution in [0.4, 0.5) is 4.39 Å². The van der Waals surface area contributed by atoms with Crippen molar-refractivity contribution in [3.63, 3.8) is 0 Å². The summed E-state index contributed by atoms with van der Waals surface area (Å²) < 4.78 is 13.3. The molecule has 0 saturated heterocycles. The lowest BCUT2D eigenvalue weighted by atomic mass is 9.97. The number of carbonyl (C=O) groups is 1. The van der Waals surface area contributed by atoms with Gasteiger partial charge in [-0.15, -0.1) is 0 Å². The van der Waals surface area contributed by atoms with Crippen molar-refractivity contribution >= 4 is 5.97 Å². The Labute approximate surface area is 105 Å². The Hall–Kier alpha value is -2.16. The highest BCUT2D eigenvalue weighted by Gasteiger charge is 2.12. The first-order valence-electron chi connectivity index (χ1n) is 5.59. The molecule has 0 aliphatic heterocycles. The monoisotopic (exact) mass is 244 g/mol. The highest BCUT2D eigenvalue weighted by molar-refractivity contribution is 5.90. The third-order valence-electron chi connectivity index (χ3n) is 2.89. The van der Waals surface area contributed by atoms with Crippen molar-refractivity contribution in [2.24, 2.45) is 0 Å². The zero-order chi connectivity index (χ0) is 13.3. The van der Waals surface area contributed by atoms with Gasteiger partial charge in [0, 0.05) is 0 Å². The van der Waals surface area contributed by atoms with Gasteiger partial charge in [-0.3, -0.25) is 0 Å². The van der Waals surface area contributed by atoms with Crippen LogP contribution in [0.25, 0.3) is 11.1 Å². The molecule has 0 atom stereocenters. The molecule has 2 aromatic rings. The normalized spacial score (nSPS) is 10.4. The Morgan fingerprint density at radius 2 is 1.83 bits per heavy atom. The molecule has 0 aromatic heterocycles. The number of hydrogen-bond donors (Lipinski definition) is 1. The molecule has 0 bridgehead atoms. The smallest absolute Gasteiger partial charge is 0.338 e. The molecule has 0 spiro atoms. The molecule has 0 radical (unpaired) electrons. The molecule has 0 amide bonds. The predicted molar refractivity (Wildman–Crippen MR) is 68.3 cm³/mol. The maximum absolute atomic E-state index is 13.3. The van der Waals surface area contributed by atoms with Gasteiger partial charge in [0.1, 0.15) is 5.82 Å². The van der Waals surface area contributed by atoms with Crippen molar-refractivity contribution in [1.82, 2.24) is 0 Å². The van der Waals surface area contributed by atoms with E-state index in [0.29, 0.717) is 5.56 Å². The first-order valence-corrected chi connectivity index (χ1v) is 5.59. The molecule has 2 nitrogen and oxygen atoms in total. The number of halogens is 1. The molecular weight excluding hydrogens is 231 g/mol. The molecule has 92 valence electrons. The molecule has 0 saturated carbocycles. The van der Waals surface area contributed by atoms with Gasteiger partial charge in [0.05, 0.1) is 5.56 Å². The quantitative estimate of drug-likeness (QED) is 0.872. The molecule has 0 unspecified atom stereocenters. The van der Waals surface area contributed by atoms with Crippen LogP contribution in [0.2, 0.25) is 0 Å². The molecule has 1 N–H and O–H groups in total. The highest BCUT2D eigenvalue weighted by atomic mass is 19.1. The minimum absolute atomic E-state index is 0.299. The minimum Gasteiger partial charge on any atom is -0.478 e. The molecule has 0 aliphatic carbocycles. The van der Waals surface area contributed by atoms with Gasteiger partial charge in [0.25, 0.3) is 0 Å². The summed E-state index contributed by atoms with van der Waals surface area (Å²) >= 11 is 0. The Balaban J connectivity index is 2.58. The van der Waals surface area contributed by atoms with Gasteiger partial charge in [0.15, 0.2) is 0 Å². The first-order chi connectivity index (χ1) is 8.49. The average molecular weight is 244 g/mol. The Morgan fingerprint density at radius 1 is 1.11 bits per heavy atom. The number of rotatable bonds is 2. The van der Waals surface area contributed by atoms with Crippen LogP contribution >= 0.6 is 0 Å². The topological polar surface area (TPSA) is 37.3 Å². The van der Waals surface area contributed by atoms with Crippen LogP contribution in [0.3, 0.4) is 0 Å². The molecule has 2 aromatic carbocycles. The van der Waals surface area contributed by atoms with Crippen LogP contribution in [0, 0.1) is 19.7 Å². The number of aryl methyl sites for hydroxylation is 2. The zero-order valence-electron chi connectivity index (χ0n) is 10.2. The van der Waals surface area contributed by atoms with Gasteiger partial charge in [-0.1, -0.05) is 29.8 Å². The lowest BCUT2D eigenvalue weighted by molar-refractivity contribution is 0.0692. The van der Waals surface area contributed by atoms with Gasteiger partial charge < -0.3 is 5.11 Å². The van der Waals surface area contributed by atoms with Crippen molar-refractivity contribution in [3.8, 4) is 11.1 Å². The highest BCUT2D eigenvalue weighted by Crippen LogP contribution is 2.26. The Bertz CT molecular complexity index is 618. The van der Waals surface area contributed by atoms with E-state index in [0.717, 1.165) is 16.7 Å². The fourth-order valence-electron chi connectivity index (χ4n) is 1.99. The molecule has 0 heterocycles. The van der Waals surface area contributed by atoms with Crippen molar-refractivity contribution < 1.29 is 14.3 Å². The standard InChI is InChI=1S/C15H13FO2/c1-9-3-5-12(10(2)7-9)11-4-6-14(16)13(8-11)15(17)18/h3-8H,1-2H3,(H,17,18). The van der Waals surface area contributed by atoms with Crippen molar-refractivity contribution in [3.05, 3.63) is 58.9 Å². The number of carboxylic acids is 1. The summed E-state index contributed by atoms with van der Waals surface area (Å²) in [4.78, 5) is 10.9. The molecular formula is C15H13FO2. The predicted octanol–water partition coefficient (Wildman–Crippen LogP) is 3.81. The summed E-state index contributed by atoms with van der Waals surface area (Å²) in [6.45, 7) is 3.94. The lowest BCUT2D eigenvalue weighted by Crippen LogP contribution is -2.00. The second kappa shape index (κ2) is 4.61. The maximum Gasteiger partial charge on any atom is 0.338 e. The molecule has 2 rings (SSSR count). The van der Waals surface area contributed by atoms with E-state index in [2.05, 4.69) is 0 Å². The number of carboxylic acid groups (broad SMARTS) is 1.